The molecule has 0 saturated heterocycles. The van der Waals surface area contributed by atoms with E-state index in [9.17, 15) is 0 Å². The summed E-state index contributed by atoms with van der Waals surface area (Å²) in [5.74, 6) is 3.98. The molecule has 10 heavy (non-hydrogen) atoms. The molecule has 0 nitrogen and oxygen atoms in total. The minimum atomic E-state index is 0.859. The van der Waals surface area contributed by atoms with E-state index in [1.54, 1.807) is 0 Å². The lowest BCUT2D eigenvalue weighted by Gasteiger charge is -2.08. The van der Waals surface area contributed by atoms with Crippen LogP contribution >= 0.6 is 0 Å². The first kappa shape index (κ1) is 6.45. The van der Waals surface area contributed by atoms with Gasteiger partial charge in [0, 0.05) is 0 Å². The number of fused-ring (bicyclic) bond motifs is 1. The highest BCUT2D eigenvalue weighted by atomic mass is 14.5. The van der Waals surface area contributed by atoms with E-state index in [1.807, 2.05) is 0 Å². The van der Waals surface area contributed by atoms with Gasteiger partial charge in [-0.1, -0.05) is 32.4 Å². The zero-order chi connectivity index (χ0) is 7.14. The van der Waals surface area contributed by atoms with Crippen LogP contribution in [0.25, 0.3) is 0 Å². The van der Waals surface area contributed by atoms with Gasteiger partial charge in [0.05, 0.1) is 0 Å². The molecular formula is C10H16. The van der Waals surface area contributed by atoms with E-state index in [2.05, 4.69) is 26.0 Å². The van der Waals surface area contributed by atoms with Crippen LogP contribution in [0.2, 0.25) is 0 Å². The van der Waals surface area contributed by atoms with Crippen molar-refractivity contribution in [3.8, 4) is 0 Å². The lowest BCUT2D eigenvalue weighted by molar-refractivity contribution is 0.531. The molecule has 1 fully saturated rings. The fourth-order valence-electron chi connectivity index (χ4n) is 2.49. The van der Waals surface area contributed by atoms with Gasteiger partial charge in [-0.15, -0.1) is 0 Å². The Bertz CT molecular complexity index is 157. The lowest BCUT2D eigenvalue weighted by Crippen LogP contribution is -1.97. The summed E-state index contributed by atoms with van der Waals surface area (Å²) >= 11 is 0. The van der Waals surface area contributed by atoms with Gasteiger partial charge in [-0.25, -0.2) is 0 Å². The van der Waals surface area contributed by atoms with Crippen molar-refractivity contribution in [3.05, 3.63) is 12.2 Å². The normalized spacial score (nSPS) is 50.6. The van der Waals surface area contributed by atoms with Crippen LogP contribution in [0.5, 0.6) is 0 Å². The largest absolute Gasteiger partial charge is 0.0854 e. The molecule has 0 aromatic rings. The molecule has 0 heteroatoms. The van der Waals surface area contributed by atoms with Crippen LogP contribution < -0.4 is 0 Å². The predicted octanol–water partition coefficient (Wildman–Crippen LogP) is 2.85. The molecule has 2 aliphatic rings. The molecule has 0 aromatic heterocycles. The molecule has 2 aliphatic carbocycles. The molecule has 0 amide bonds. The van der Waals surface area contributed by atoms with Crippen LogP contribution in [0.1, 0.15) is 26.7 Å². The summed E-state index contributed by atoms with van der Waals surface area (Å²) in [4.78, 5) is 0. The van der Waals surface area contributed by atoms with Gasteiger partial charge >= 0.3 is 0 Å². The minimum Gasteiger partial charge on any atom is -0.0854 e. The summed E-state index contributed by atoms with van der Waals surface area (Å²) in [7, 11) is 0. The van der Waals surface area contributed by atoms with Gasteiger partial charge in [0.25, 0.3) is 0 Å². The van der Waals surface area contributed by atoms with Crippen LogP contribution in [-0.4, -0.2) is 0 Å². The van der Waals surface area contributed by atoms with E-state index in [1.165, 1.54) is 12.8 Å². The average Bonchev–Trinajstić information content (AvgIpc) is 2.60. The number of allylic oxidation sites excluding steroid dienone is 2. The first-order valence-corrected chi connectivity index (χ1v) is 4.51. The molecule has 0 aromatic carbocycles. The van der Waals surface area contributed by atoms with Crippen LogP contribution in [0.4, 0.5) is 0 Å². The second-order valence-corrected chi connectivity index (χ2v) is 3.91. The maximum atomic E-state index is 2.45. The summed E-state index contributed by atoms with van der Waals surface area (Å²) in [6.45, 7) is 4.65. The molecular weight excluding hydrogens is 120 g/mol. The zero-order valence-corrected chi connectivity index (χ0v) is 6.88. The van der Waals surface area contributed by atoms with Crippen molar-refractivity contribution in [2.45, 2.75) is 26.7 Å². The van der Waals surface area contributed by atoms with Gasteiger partial charge in [-0.3, -0.25) is 0 Å². The highest BCUT2D eigenvalue weighted by Gasteiger charge is 2.48. The quantitative estimate of drug-likeness (QED) is 0.486. The van der Waals surface area contributed by atoms with E-state index in [4.69, 9.17) is 0 Å². The third kappa shape index (κ3) is 0.817. The SMILES string of the molecule is CCC1C2C=CC(C)CC21. The Morgan fingerprint density at radius 3 is 2.80 bits per heavy atom. The molecule has 0 N–H and O–H groups in total. The van der Waals surface area contributed by atoms with Crippen molar-refractivity contribution in [3.63, 3.8) is 0 Å². The van der Waals surface area contributed by atoms with Crippen molar-refractivity contribution < 1.29 is 0 Å². The lowest BCUT2D eigenvalue weighted by atomic mass is 9.98. The Kier molecular flexibility index (Phi) is 1.36. The molecule has 0 spiro atoms. The topological polar surface area (TPSA) is 0 Å². The first-order valence-electron chi connectivity index (χ1n) is 4.51. The fourth-order valence-corrected chi connectivity index (χ4v) is 2.49. The second-order valence-electron chi connectivity index (χ2n) is 3.91. The summed E-state index contributed by atoms with van der Waals surface area (Å²) < 4.78 is 0. The molecule has 0 heterocycles. The minimum absolute atomic E-state index is 0.859. The van der Waals surface area contributed by atoms with E-state index >= 15 is 0 Å². The van der Waals surface area contributed by atoms with Crippen molar-refractivity contribution in [1.82, 2.24) is 0 Å². The Labute approximate surface area is 63.3 Å². The number of hydrogen-bond donors (Lipinski definition) is 0. The van der Waals surface area contributed by atoms with Crippen molar-refractivity contribution in [1.29, 1.82) is 0 Å². The Balaban J connectivity index is 2.02. The van der Waals surface area contributed by atoms with Crippen LogP contribution in [0, 0.1) is 23.7 Å². The monoisotopic (exact) mass is 136 g/mol. The van der Waals surface area contributed by atoms with Crippen molar-refractivity contribution >= 4 is 0 Å². The molecule has 2 rings (SSSR count). The van der Waals surface area contributed by atoms with E-state index < -0.39 is 0 Å². The highest BCUT2D eigenvalue weighted by molar-refractivity contribution is 5.13. The van der Waals surface area contributed by atoms with Gasteiger partial charge in [0.2, 0.25) is 0 Å². The summed E-state index contributed by atoms with van der Waals surface area (Å²) in [6.07, 6.45) is 7.70. The average molecular weight is 136 g/mol. The Morgan fingerprint density at radius 1 is 1.40 bits per heavy atom. The number of hydrogen-bond acceptors (Lipinski definition) is 0. The van der Waals surface area contributed by atoms with Gasteiger partial charge in [0.15, 0.2) is 0 Å². The first-order chi connectivity index (χ1) is 4.83. The van der Waals surface area contributed by atoms with Crippen molar-refractivity contribution in [2.24, 2.45) is 23.7 Å². The molecule has 4 unspecified atom stereocenters. The molecule has 56 valence electrons. The Hall–Kier alpha value is -0.260. The fraction of sp³-hybridized carbons (Fsp3) is 0.800. The maximum Gasteiger partial charge on any atom is -0.0171 e. The standard InChI is InChI=1S/C10H16/c1-3-8-9-5-4-7(2)6-10(8)9/h4-5,7-10H,3,6H2,1-2H3. The van der Waals surface area contributed by atoms with Gasteiger partial charge in [0.1, 0.15) is 0 Å². The number of rotatable bonds is 1. The van der Waals surface area contributed by atoms with Crippen molar-refractivity contribution in [2.75, 3.05) is 0 Å². The molecule has 1 saturated carbocycles. The third-order valence-corrected chi connectivity index (χ3v) is 3.18. The smallest absolute Gasteiger partial charge is 0.0171 e. The van der Waals surface area contributed by atoms with E-state index in [0.29, 0.717) is 0 Å². The second kappa shape index (κ2) is 2.11. The summed E-state index contributed by atoms with van der Waals surface area (Å²) in [5.41, 5.74) is 0. The van der Waals surface area contributed by atoms with E-state index in [0.717, 1.165) is 23.7 Å². The van der Waals surface area contributed by atoms with Gasteiger partial charge in [-0.05, 0) is 30.1 Å². The molecule has 0 bridgehead atoms. The van der Waals surface area contributed by atoms with Crippen LogP contribution in [0.15, 0.2) is 12.2 Å². The third-order valence-electron chi connectivity index (χ3n) is 3.18. The van der Waals surface area contributed by atoms with Crippen LogP contribution in [-0.2, 0) is 0 Å². The molecule has 0 aliphatic heterocycles. The summed E-state index contributed by atoms with van der Waals surface area (Å²) in [6, 6.07) is 0. The highest BCUT2D eigenvalue weighted by Crippen LogP contribution is 2.55. The molecule has 4 atom stereocenters. The van der Waals surface area contributed by atoms with Crippen LogP contribution in [0.3, 0.4) is 0 Å². The summed E-state index contributed by atoms with van der Waals surface area (Å²) in [5, 5.41) is 0. The van der Waals surface area contributed by atoms with Gasteiger partial charge in [-0.2, -0.15) is 0 Å². The van der Waals surface area contributed by atoms with E-state index in [-0.39, 0.29) is 0 Å². The zero-order valence-electron chi connectivity index (χ0n) is 6.88. The predicted molar refractivity (Wildman–Crippen MR) is 43.7 cm³/mol. The molecule has 0 radical (unpaired) electrons. The maximum absolute atomic E-state index is 2.45. The van der Waals surface area contributed by atoms with Gasteiger partial charge < -0.3 is 0 Å². The Morgan fingerprint density at radius 2 is 2.20 bits per heavy atom.